The monoisotopic (exact) mass is 313 g/mol. The SMILES string of the molecule is Cc1ccc2nc(C(C)Cl)n(C3CCS(=O)(=O)C3)c2n1. The number of imidazole rings is 1. The van der Waals surface area contributed by atoms with Gasteiger partial charge in [0, 0.05) is 5.69 Å². The second kappa shape index (κ2) is 4.70. The molecule has 2 aromatic heterocycles. The number of fused-ring (bicyclic) bond motifs is 1. The van der Waals surface area contributed by atoms with Gasteiger partial charge in [-0.15, -0.1) is 11.6 Å². The normalized spacial score (nSPS) is 23.2. The van der Waals surface area contributed by atoms with Crippen molar-refractivity contribution in [3.05, 3.63) is 23.7 Å². The molecular formula is C13H16ClN3O2S. The molecule has 1 aliphatic heterocycles. The quantitative estimate of drug-likeness (QED) is 0.799. The first-order valence-corrected chi connectivity index (χ1v) is 8.83. The molecule has 0 saturated carbocycles. The fourth-order valence-corrected chi connectivity index (χ4v) is 4.56. The number of hydrogen-bond acceptors (Lipinski definition) is 4. The lowest BCUT2D eigenvalue weighted by molar-refractivity contribution is 0.542. The van der Waals surface area contributed by atoms with Crippen LogP contribution < -0.4 is 0 Å². The number of hydrogen-bond donors (Lipinski definition) is 0. The summed E-state index contributed by atoms with van der Waals surface area (Å²) in [7, 11) is -2.96. The van der Waals surface area contributed by atoms with E-state index in [-0.39, 0.29) is 22.9 Å². The standard InChI is InChI=1S/C13H16ClN3O2S/c1-8-3-4-11-13(15-8)17(12(16-11)9(2)14)10-5-6-20(18,19)7-10/h3-4,9-10H,5-7H2,1-2H3. The van der Waals surface area contributed by atoms with Crippen LogP contribution in [0.1, 0.15) is 36.3 Å². The van der Waals surface area contributed by atoms with E-state index < -0.39 is 9.84 Å². The Balaban J connectivity index is 2.21. The lowest BCUT2D eigenvalue weighted by Crippen LogP contribution is -2.15. The molecule has 1 saturated heterocycles. The van der Waals surface area contributed by atoms with Crippen LogP contribution in [0, 0.1) is 6.92 Å². The molecule has 0 radical (unpaired) electrons. The highest BCUT2D eigenvalue weighted by atomic mass is 35.5. The number of pyridine rings is 1. The summed E-state index contributed by atoms with van der Waals surface area (Å²) in [5.41, 5.74) is 2.38. The predicted molar refractivity (Wildman–Crippen MR) is 78.8 cm³/mol. The molecule has 0 bridgehead atoms. The van der Waals surface area contributed by atoms with E-state index in [1.807, 2.05) is 30.5 Å². The third kappa shape index (κ3) is 2.31. The molecule has 0 N–H and O–H groups in total. The van der Waals surface area contributed by atoms with Gasteiger partial charge in [-0.25, -0.2) is 18.4 Å². The van der Waals surface area contributed by atoms with Crippen LogP contribution in [0.2, 0.25) is 0 Å². The van der Waals surface area contributed by atoms with Crippen molar-refractivity contribution < 1.29 is 8.42 Å². The lowest BCUT2D eigenvalue weighted by atomic mass is 10.2. The van der Waals surface area contributed by atoms with Crippen molar-refractivity contribution >= 4 is 32.6 Å². The smallest absolute Gasteiger partial charge is 0.160 e. The van der Waals surface area contributed by atoms with Gasteiger partial charge in [-0.3, -0.25) is 0 Å². The van der Waals surface area contributed by atoms with E-state index >= 15 is 0 Å². The molecule has 5 nitrogen and oxygen atoms in total. The Hall–Kier alpha value is -1.14. The van der Waals surface area contributed by atoms with Crippen LogP contribution in [-0.2, 0) is 9.84 Å². The molecule has 0 spiro atoms. The van der Waals surface area contributed by atoms with E-state index in [4.69, 9.17) is 11.6 Å². The van der Waals surface area contributed by atoms with Gasteiger partial charge >= 0.3 is 0 Å². The molecule has 1 aliphatic rings. The molecule has 2 atom stereocenters. The van der Waals surface area contributed by atoms with E-state index in [1.54, 1.807) is 0 Å². The summed E-state index contributed by atoms with van der Waals surface area (Å²) in [6.07, 6.45) is 0.597. The Morgan fingerprint density at radius 3 is 2.75 bits per heavy atom. The van der Waals surface area contributed by atoms with E-state index in [1.165, 1.54) is 0 Å². The van der Waals surface area contributed by atoms with Crippen LogP contribution in [0.4, 0.5) is 0 Å². The van der Waals surface area contributed by atoms with Gasteiger partial charge in [-0.1, -0.05) is 0 Å². The maximum Gasteiger partial charge on any atom is 0.160 e. The zero-order valence-electron chi connectivity index (χ0n) is 11.4. The van der Waals surface area contributed by atoms with Crippen LogP contribution in [0.3, 0.4) is 0 Å². The number of sulfone groups is 1. The van der Waals surface area contributed by atoms with Crippen molar-refractivity contribution in [2.75, 3.05) is 11.5 Å². The summed E-state index contributed by atoms with van der Waals surface area (Å²) in [6, 6.07) is 3.68. The second-order valence-corrected chi connectivity index (χ2v) is 8.19. The Bertz CT molecular complexity index is 767. The van der Waals surface area contributed by atoms with Gasteiger partial charge < -0.3 is 4.57 Å². The van der Waals surface area contributed by atoms with E-state index in [2.05, 4.69) is 9.97 Å². The van der Waals surface area contributed by atoms with Crippen molar-refractivity contribution in [2.24, 2.45) is 0 Å². The van der Waals surface area contributed by atoms with Crippen LogP contribution in [0.15, 0.2) is 12.1 Å². The molecule has 2 aromatic rings. The summed E-state index contributed by atoms with van der Waals surface area (Å²) in [5, 5.41) is -0.284. The molecule has 0 aliphatic carbocycles. The number of aryl methyl sites for hydroxylation is 1. The molecule has 7 heteroatoms. The molecule has 0 aromatic carbocycles. The third-order valence-corrected chi connectivity index (χ3v) is 5.58. The van der Waals surface area contributed by atoms with E-state index in [0.29, 0.717) is 12.2 Å². The summed E-state index contributed by atoms with van der Waals surface area (Å²) in [6.45, 7) is 3.75. The Labute approximate surface area is 122 Å². The van der Waals surface area contributed by atoms with Gasteiger partial charge in [0.1, 0.15) is 11.3 Å². The molecule has 2 unspecified atom stereocenters. The zero-order valence-corrected chi connectivity index (χ0v) is 12.9. The lowest BCUT2D eigenvalue weighted by Gasteiger charge is -2.15. The van der Waals surface area contributed by atoms with Gasteiger partial charge in [-0.05, 0) is 32.4 Å². The average molecular weight is 314 g/mol. The van der Waals surface area contributed by atoms with Gasteiger partial charge in [-0.2, -0.15) is 0 Å². The molecule has 20 heavy (non-hydrogen) atoms. The van der Waals surface area contributed by atoms with Crippen LogP contribution in [0.5, 0.6) is 0 Å². The maximum absolute atomic E-state index is 11.7. The highest BCUT2D eigenvalue weighted by molar-refractivity contribution is 7.91. The molecule has 1 fully saturated rings. The molecule has 108 valence electrons. The van der Waals surface area contributed by atoms with E-state index in [9.17, 15) is 8.42 Å². The van der Waals surface area contributed by atoms with E-state index in [0.717, 1.165) is 16.9 Å². The van der Waals surface area contributed by atoms with Crippen molar-refractivity contribution in [3.8, 4) is 0 Å². The number of aromatic nitrogens is 3. The van der Waals surface area contributed by atoms with Crippen LogP contribution in [-0.4, -0.2) is 34.5 Å². The van der Waals surface area contributed by atoms with Crippen molar-refractivity contribution in [1.29, 1.82) is 0 Å². The minimum atomic E-state index is -2.96. The first-order valence-electron chi connectivity index (χ1n) is 6.57. The molecule has 0 amide bonds. The molecular weight excluding hydrogens is 298 g/mol. The number of halogens is 1. The topological polar surface area (TPSA) is 64.8 Å². The highest BCUT2D eigenvalue weighted by Gasteiger charge is 2.32. The maximum atomic E-state index is 11.7. The summed E-state index contributed by atoms with van der Waals surface area (Å²) < 4.78 is 25.4. The summed E-state index contributed by atoms with van der Waals surface area (Å²) in [4.78, 5) is 9.04. The molecule has 3 heterocycles. The number of nitrogens with zero attached hydrogens (tertiary/aromatic N) is 3. The fraction of sp³-hybridized carbons (Fsp3) is 0.538. The Morgan fingerprint density at radius 2 is 2.15 bits per heavy atom. The van der Waals surface area contributed by atoms with Gasteiger partial charge in [0.05, 0.1) is 22.9 Å². The van der Waals surface area contributed by atoms with Gasteiger partial charge in [0.15, 0.2) is 15.5 Å². The minimum absolute atomic E-state index is 0.115. The Morgan fingerprint density at radius 1 is 1.40 bits per heavy atom. The van der Waals surface area contributed by atoms with Crippen LogP contribution >= 0.6 is 11.6 Å². The first-order chi connectivity index (χ1) is 9.37. The summed E-state index contributed by atoms with van der Waals surface area (Å²) >= 11 is 6.21. The minimum Gasteiger partial charge on any atom is -0.307 e. The van der Waals surface area contributed by atoms with Crippen LogP contribution in [0.25, 0.3) is 11.2 Å². The van der Waals surface area contributed by atoms with Crippen molar-refractivity contribution in [3.63, 3.8) is 0 Å². The second-order valence-electron chi connectivity index (χ2n) is 5.31. The largest absolute Gasteiger partial charge is 0.307 e. The fourth-order valence-electron chi connectivity index (χ4n) is 2.71. The van der Waals surface area contributed by atoms with Gasteiger partial charge in [0.25, 0.3) is 0 Å². The Kier molecular flexibility index (Phi) is 3.25. The van der Waals surface area contributed by atoms with Crippen molar-refractivity contribution in [2.45, 2.75) is 31.7 Å². The third-order valence-electron chi connectivity index (χ3n) is 3.63. The summed E-state index contributed by atoms with van der Waals surface area (Å²) in [5.74, 6) is 1.06. The number of alkyl halides is 1. The number of rotatable bonds is 2. The van der Waals surface area contributed by atoms with Crippen molar-refractivity contribution in [1.82, 2.24) is 14.5 Å². The molecule has 3 rings (SSSR count). The average Bonchev–Trinajstić information content (AvgIpc) is 2.88. The zero-order chi connectivity index (χ0) is 14.5. The predicted octanol–water partition coefficient (Wildman–Crippen LogP) is 2.40. The highest BCUT2D eigenvalue weighted by Crippen LogP contribution is 2.32. The first kappa shape index (κ1) is 13.8. The van der Waals surface area contributed by atoms with Gasteiger partial charge in [0.2, 0.25) is 0 Å².